The lowest BCUT2D eigenvalue weighted by atomic mass is 10.1. The highest BCUT2D eigenvalue weighted by Gasteiger charge is 2.16. The highest BCUT2D eigenvalue weighted by atomic mass is 16.2. The largest absolute Gasteiger partial charge is 0.384 e. The van der Waals surface area contributed by atoms with Crippen molar-refractivity contribution in [2.24, 2.45) is 0 Å². The fraction of sp³-hybridized carbons (Fsp3) is 0.333. The molecule has 2 rings (SSSR count). The van der Waals surface area contributed by atoms with E-state index in [1.54, 1.807) is 0 Å². The van der Waals surface area contributed by atoms with Gasteiger partial charge in [-0.3, -0.25) is 9.59 Å². The summed E-state index contributed by atoms with van der Waals surface area (Å²) in [4.78, 5) is 25.6. The molecule has 2 aromatic rings. The molecule has 0 unspecified atom stereocenters. The molecule has 0 bridgehead atoms. The number of anilines is 2. The predicted molar refractivity (Wildman–Crippen MR) is 106 cm³/mol. The molecule has 0 radical (unpaired) electrons. The lowest BCUT2D eigenvalue weighted by molar-refractivity contribution is -0.133. The van der Waals surface area contributed by atoms with Crippen LogP contribution in [0, 0.1) is 0 Å². The number of nitrogens with one attached hydrogen (secondary N) is 2. The Morgan fingerprint density at radius 2 is 1.69 bits per heavy atom. The van der Waals surface area contributed by atoms with Crippen LogP contribution in [-0.2, 0) is 16.1 Å². The molecule has 0 saturated carbocycles. The number of amides is 2. The monoisotopic (exact) mass is 353 g/mol. The summed E-state index contributed by atoms with van der Waals surface area (Å²) in [6.07, 6.45) is 0.412. The van der Waals surface area contributed by atoms with Crippen LogP contribution in [0.5, 0.6) is 0 Å². The third-order valence-corrected chi connectivity index (χ3v) is 3.99. The van der Waals surface area contributed by atoms with E-state index >= 15 is 0 Å². The molecular weight excluding hydrogens is 326 g/mol. The van der Waals surface area contributed by atoms with Gasteiger partial charge in [0.1, 0.15) is 0 Å². The van der Waals surface area contributed by atoms with E-state index in [2.05, 4.69) is 10.6 Å². The zero-order valence-corrected chi connectivity index (χ0v) is 15.7. The molecule has 0 saturated heterocycles. The van der Waals surface area contributed by atoms with Gasteiger partial charge in [-0.05, 0) is 37.6 Å². The van der Waals surface area contributed by atoms with Crippen molar-refractivity contribution in [3.63, 3.8) is 0 Å². The minimum absolute atomic E-state index is 0.106. The highest BCUT2D eigenvalue weighted by Crippen LogP contribution is 2.15. The summed E-state index contributed by atoms with van der Waals surface area (Å²) in [7, 11) is 0. The van der Waals surface area contributed by atoms with Gasteiger partial charge in [-0.15, -0.1) is 0 Å². The van der Waals surface area contributed by atoms with Crippen molar-refractivity contribution in [3.8, 4) is 0 Å². The topological polar surface area (TPSA) is 61.4 Å². The van der Waals surface area contributed by atoms with Gasteiger partial charge in [-0.25, -0.2) is 0 Å². The second-order valence-corrected chi connectivity index (χ2v) is 6.54. The van der Waals surface area contributed by atoms with E-state index in [4.69, 9.17) is 0 Å². The summed E-state index contributed by atoms with van der Waals surface area (Å²) in [6.45, 7) is 6.71. The van der Waals surface area contributed by atoms with Gasteiger partial charge < -0.3 is 15.5 Å². The van der Waals surface area contributed by atoms with Gasteiger partial charge >= 0.3 is 0 Å². The van der Waals surface area contributed by atoms with E-state index in [0.29, 0.717) is 19.5 Å². The molecule has 2 N–H and O–H groups in total. The first-order valence-electron chi connectivity index (χ1n) is 8.90. The first-order chi connectivity index (χ1) is 12.5. The lowest BCUT2D eigenvalue weighted by Crippen LogP contribution is -2.37. The minimum atomic E-state index is -0.106. The smallest absolute Gasteiger partial charge is 0.224 e. The van der Waals surface area contributed by atoms with E-state index in [-0.39, 0.29) is 17.9 Å². The molecule has 0 aromatic heterocycles. The van der Waals surface area contributed by atoms with E-state index in [9.17, 15) is 9.59 Å². The molecule has 138 valence electrons. The van der Waals surface area contributed by atoms with Crippen LogP contribution in [0.4, 0.5) is 11.4 Å². The average molecular weight is 353 g/mol. The summed E-state index contributed by atoms with van der Waals surface area (Å²) in [5, 5.41) is 6.00. The Morgan fingerprint density at radius 1 is 1.00 bits per heavy atom. The van der Waals surface area contributed by atoms with Crippen LogP contribution in [0.3, 0.4) is 0 Å². The third kappa shape index (κ3) is 6.24. The minimum Gasteiger partial charge on any atom is -0.384 e. The molecule has 0 spiro atoms. The van der Waals surface area contributed by atoms with Crippen LogP contribution in [0.2, 0.25) is 0 Å². The number of nitrogens with zero attached hydrogens (tertiary/aromatic N) is 1. The fourth-order valence-electron chi connectivity index (χ4n) is 2.71. The first kappa shape index (κ1) is 19.5. The van der Waals surface area contributed by atoms with Crippen LogP contribution < -0.4 is 10.6 Å². The molecule has 0 atom stereocenters. The van der Waals surface area contributed by atoms with Crippen molar-refractivity contribution in [2.75, 3.05) is 17.2 Å². The van der Waals surface area contributed by atoms with Gasteiger partial charge in [0.15, 0.2) is 0 Å². The van der Waals surface area contributed by atoms with Gasteiger partial charge in [0.2, 0.25) is 11.8 Å². The Kier molecular flexibility index (Phi) is 7.21. The standard InChI is InChI=1S/C21H27N3O2/c1-16(2)24(15-18-8-5-4-6-9-18)21(26)12-13-22-19-10-7-11-20(14-19)23-17(3)25/h4-11,14,16,22H,12-13,15H2,1-3H3,(H,23,25). The molecule has 2 amide bonds. The predicted octanol–water partition coefficient (Wildman–Crippen LogP) is 3.88. The molecule has 0 aliphatic rings. The SMILES string of the molecule is CC(=O)Nc1cccc(NCCC(=O)N(Cc2ccccc2)C(C)C)c1. The Hall–Kier alpha value is -2.82. The van der Waals surface area contributed by atoms with Crippen molar-refractivity contribution in [3.05, 3.63) is 60.2 Å². The molecule has 0 fully saturated rings. The maximum absolute atomic E-state index is 12.6. The molecule has 5 nitrogen and oxygen atoms in total. The summed E-state index contributed by atoms with van der Waals surface area (Å²) >= 11 is 0. The Labute approximate surface area is 155 Å². The Morgan fingerprint density at radius 3 is 2.35 bits per heavy atom. The van der Waals surface area contributed by atoms with Gasteiger partial charge in [0.05, 0.1) is 0 Å². The van der Waals surface area contributed by atoms with Crippen LogP contribution in [0.15, 0.2) is 54.6 Å². The Bertz CT molecular complexity index is 729. The van der Waals surface area contributed by atoms with Crippen molar-refractivity contribution < 1.29 is 9.59 Å². The number of carbonyl (C=O) groups is 2. The summed E-state index contributed by atoms with van der Waals surface area (Å²) < 4.78 is 0. The molecule has 5 heteroatoms. The third-order valence-electron chi connectivity index (χ3n) is 3.99. The van der Waals surface area contributed by atoms with Crippen LogP contribution in [0.25, 0.3) is 0 Å². The fourth-order valence-corrected chi connectivity index (χ4v) is 2.71. The van der Waals surface area contributed by atoms with Crippen LogP contribution in [0.1, 0.15) is 32.8 Å². The highest BCUT2D eigenvalue weighted by molar-refractivity contribution is 5.89. The Balaban J connectivity index is 1.89. The maximum atomic E-state index is 12.6. The molecule has 0 aliphatic heterocycles. The summed E-state index contributed by atoms with van der Waals surface area (Å²) in [6, 6.07) is 17.6. The van der Waals surface area contributed by atoms with Crippen LogP contribution in [-0.4, -0.2) is 29.3 Å². The zero-order valence-electron chi connectivity index (χ0n) is 15.7. The van der Waals surface area contributed by atoms with Crippen molar-refractivity contribution in [1.29, 1.82) is 0 Å². The van der Waals surface area contributed by atoms with E-state index < -0.39 is 0 Å². The van der Waals surface area contributed by atoms with Gasteiger partial charge in [0.25, 0.3) is 0 Å². The lowest BCUT2D eigenvalue weighted by Gasteiger charge is -2.27. The van der Waals surface area contributed by atoms with E-state index in [0.717, 1.165) is 16.9 Å². The quantitative estimate of drug-likeness (QED) is 0.757. The normalized spacial score (nSPS) is 10.5. The number of hydrogen-bond acceptors (Lipinski definition) is 3. The average Bonchev–Trinajstić information content (AvgIpc) is 2.60. The second kappa shape index (κ2) is 9.61. The molecular formula is C21H27N3O2. The first-order valence-corrected chi connectivity index (χ1v) is 8.90. The van der Waals surface area contributed by atoms with Gasteiger partial charge in [0, 0.05) is 43.9 Å². The molecule has 0 aliphatic carbocycles. The maximum Gasteiger partial charge on any atom is 0.224 e. The van der Waals surface area contributed by atoms with E-state index in [1.165, 1.54) is 6.92 Å². The number of rotatable bonds is 8. The summed E-state index contributed by atoms with van der Waals surface area (Å²) in [5.74, 6) is 0.0141. The molecule has 0 heterocycles. The zero-order chi connectivity index (χ0) is 18.9. The second-order valence-electron chi connectivity index (χ2n) is 6.54. The van der Waals surface area contributed by atoms with E-state index in [1.807, 2.05) is 73.3 Å². The van der Waals surface area contributed by atoms with Crippen molar-refractivity contribution in [1.82, 2.24) is 4.90 Å². The molecule has 2 aromatic carbocycles. The molecule has 26 heavy (non-hydrogen) atoms. The van der Waals surface area contributed by atoms with Crippen LogP contribution >= 0.6 is 0 Å². The van der Waals surface area contributed by atoms with Crippen molar-refractivity contribution >= 4 is 23.2 Å². The van der Waals surface area contributed by atoms with Gasteiger partial charge in [-0.1, -0.05) is 36.4 Å². The summed E-state index contributed by atoms with van der Waals surface area (Å²) in [5.41, 5.74) is 2.75. The number of carbonyl (C=O) groups excluding carboxylic acids is 2. The van der Waals surface area contributed by atoms with Crippen molar-refractivity contribution in [2.45, 2.75) is 39.8 Å². The van der Waals surface area contributed by atoms with Gasteiger partial charge in [-0.2, -0.15) is 0 Å². The number of benzene rings is 2. The number of hydrogen-bond donors (Lipinski definition) is 2.